The summed E-state index contributed by atoms with van der Waals surface area (Å²) < 4.78 is 0. The third-order valence-electron chi connectivity index (χ3n) is 5.18. The number of carbonyl (C=O) groups is 3. The first kappa shape index (κ1) is 25.9. The lowest BCUT2D eigenvalue weighted by Gasteiger charge is -2.32. The fourth-order valence-electron chi connectivity index (χ4n) is 3.35. The molecule has 0 aliphatic carbocycles. The second kappa shape index (κ2) is 13.2. The molecule has 0 aliphatic rings. The number of ketones is 2. The van der Waals surface area contributed by atoms with Gasteiger partial charge in [-0.25, -0.2) is 10.9 Å². The third kappa shape index (κ3) is 8.30. The predicted octanol–water partition coefficient (Wildman–Crippen LogP) is 2.78. The SMILES string of the molecule is C=CCCC[C@](C)(NN[C@H](C=O)CC(C)C)C(=O)C(=O)[C@H](Cc1ccccc1)NC. The lowest BCUT2D eigenvalue weighted by molar-refractivity contribution is -0.142. The van der Waals surface area contributed by atoms with E-state index in [9.17, 15) is 14.4 Å². The fourth-order valence-corrected chi connectivity index (χ4v) is 3.35. The summed E-state index contributed by atoms with van der Waals surface area (Å²) in [6.07, 6.45) is 5.57. The average molecular weight is 416 g/mol. The summed E-state index contributed by atoms with van der Waals surface area (Å²) in [6, 6.07) is 8.56. The minimum Gasteiger partial charge on any atom is -0.310 e. The topological polar surface area (TPSA) is 87.3 Å². The summed E-state index contributed by atoms with van der Waals surface area (Å²) in [5.41, 5.74) is 5.86. The molecule has 0 saturated heterocycles. The molecule has 1 aromatic carbocycles. The van der Waals surface area contributed by atoms with Gasteiger partial charge in [0.25, 0.3) is 0 Å². The zero-order valence-corrected chi connectivity index (χ0v) is 18.7. The first-order valence-corrected chi connectivity index (χ1v) is 10.7. The normalized spacial score (nSPS) is 15.2. The number of Topliss-reactive ketones (excluding diaryl/α,β-unsaturated/α-hetero) is 2. The maximum Gasteiger partial charge on any atom is 0.221 e. The first-order valence-electron chi connectivity index (χ1n) is 10.7. The lowest BCUT2D eigenvalue weighted by atomic mass is 9.85. The molecule has 6 nitrogen and oxygen atoms in total. The average Bonchev–Trinajstić information content (AvgIpc) is 2.74. The molecule has 0 unspecified atom stereocenters. The van der Waals surface area contributed by atoms with E-state index >= 15 is 0 Å². The molecular weight excluding hydrogens is 378 g/mol. The van der Waals surface area contributed by atoms with Crippen molar-refractivity contribution in [2.24, 2.45) is 5.92 Å². The highest BCUT2D eigenvalue weighted by atomic mass is 16.2. The monoisotopic (exact) mass is 415 g/mol. The van der Waals surface area contributed by atoms with Crippen molar-refractivity contribution in [3.8, 4) is 0 Å². The van der Waals surface area contributed by atoms with E-state index in [0.29, 0.717) is 31.6 Å². The standard InChI is InChI=1S/C24H37N3O3/c1-6-7-11-14-24(4,27-26-20(17-28)15-18(2)3)23(30)22(29)21(25-5)16-19-12-9-8-10-13-19/h6,8-10,12-13,17-18,20-21,25-27H,1,7,11,14-16H2,2-5H3/t20-,21-,24-/m0/s1. The van der Waals surface area contributed by atoms with Crippen LogP contribution in [-0.2, 0) is 20.8 Å². The van der Waals surface area contributed by atoms with Gasteiger partial charge >= 0.3 is 0 Å². The Hall–Kier alpha value is -2.15. The molecule has 0 aromatic heterocycles. The molecule has 1 rings (SSSR count). The number of likely N-dealkylation sites (N-methyl/N-ethyl adjacent to an activating group) is 1. The van der Waals surface area contributed by atoms with Gasteiger partial charge in [0, 0.05) is 0 Å². The Kier molecular flexibility index (Phi) is 11.4. The number of hydrazine groups is 1. The number of rotatable bonds is 16. The van der Waals surface area contributed by atoms with Crippen LogP contribution >= 0.6 is 0 Å². The fraction of sp³-hybridized carbons (Fsp3) is 0.542. The van der Waals surface area contributed by atoms with Crippen LogP contribution in [0.5, 0.6) is 0 Å². The van der Waals surface area contributed by atoms with E-state index in [-0.39, 0.29) is 0 Å². The van der Waals surface area contributed by atoms with Crippen LogP contribution in [0.3, 0.4) is 0 Å². The molecule has 30 heavy (non-hydrogen) atoms. The number of carbonyl (C=O) groups excluding carboxylic acids is 3. The molecule has 0 bridgehead atoms. The Morgan fingerprint density at radius 1 is 1.20 bits per heavy atom. The second-order valence-corrected chi connectivity index (χ2v) is 8.38. The highest BCUT2D eigenvalue weighted by Gasteiger charge is 2.39. The highest BCUT2D eigenvalue weighted by molar-refractivity contribution is 6.42. The van der Waals surface area contributed by atoms with E-state index in [4.69, 9.17) is 0 Å². The van der Waals surface area contributed by atoms with Crippen molar-refractivity contribution < 1.29 is 14.4 Å². The Morgan fingerprint density at radius 2 is 1.87 bits per heavy atom. The van der Waals surface area contributed by atoms with Crippen LogP contribution in [0.25, 0.3) is 0 Å². The third-order valence-corrected chi connectivity index (χ3v) is 5.18. The van der Waals surface area contributed by atoms with Crippen LogP contribution in [0, 0.1) is 5.92 Å². The van der Waals surface area contributed by atoms with E-state index in [2.05, 4.69) is 22.7 Å². The molecule has 1 aromatic rings. The maximum absolute atomic E-state index is 13.3. The molecule has 6 heteroatoms. The largest absolute Gasteiger partial charge is 0.310 e. The zero-order chi connectivity index (χ0) is 22.6. The van der Waals surface area contributed by atoms with Crippen molar-refractivity contribution in [2.75, 3.05) is 7.05 Å². The van der Waals surface area contributed by atoms with Crippen LogP contribution in [0.4, 0.5) is 0 Å². The van der Waals surface area contributed by atoms with Gasteiger partial charge in [-0.3, -0.25) is 9.59 Å². The highest BCUT2D eigenvalue weighted by Crippen LogP contribution is 2.18. The van der Waals surface area contributed by atoms with Gasteiger partial charge in [-0.05, 0) is 57.6 Å². The van der Waals surface area contributed by atoms with Crippen LogP contribution in [0.15, 0.2) is 43.0 Å². The molecule has 0 amide bonds. The van der Waals surface area contributed by atoms with Crippen molar-refractivity contribution in [1.82, 2.24) is 16.2 Å². The molecule has 0 radical (unpaired) electrons. The number of benzene rings is 1. The number of hydrogen-bond donors (Lipinski definition) is 3. The van der Waals surface area contributed by atoms with Crippen molar-refractivity contribution in [1.29, 1.82) is 0 Å². The number of nitrogens with one attached hydrogen (secondary N) is 3. The summed E-state index contributed by atoms with van der Waals surface area (Å²) in [5.74, 6) is -0.648. The molecule has 3 atom stereocenters. The Balaban J connectivity index is 2.96. The van der Waals surface area contributed by atoms with Crippen LogP contribution in [-0.4, -0.2) is 42.5 Å². The summed E-state index contributed by atoms with van der Waals surface area (Å²) >= 11 is 0. The smallest absolute Gasteiger partial charge is 0.221 e. The summed E-state index contributed by atoms with van der Waals surface area (Å²) in [6.45, 7) is 9.49. The Labute approximate surface area is 180 Å². The minimum atomic E-state index is -1.12. The summed E-state index contributed by atoms with van der Waals surface area (Å²) in [4.78, 5) is 37.7. The van der Waals surface area contributed by atoms with E-state index in [1.807, 2.05) is 44.2 Å². The molecule has 0 aliphatic heterocycles. The van der Waals surface area contributed by atoms with Crippen molar-refractivity contribution >= 4 is 17.9 Å². The van der Waals surface area contributed by atoms with Crippen molar-refractivity contribution in [3.63, 3.8) is 0 Å². The summed E-state index contributed by atoms with van der Waals surface area (Å²) in [7, 11) is 1.69. The van der Waals surface area contributed by atoms with Gasteiger partial charge in [0.15, 0.2) is 0 Å². The maximum atomic E-state index is 13.3. The Bertz CT molecular complexity index is 690. The van der Waals surface area contributed by atoms with Gasteiger partial charge in [0.2, 0.25) is 11.6 Å². The molecule has 166 valence electrons. The first-order chi connectivity index (χ1) is 14.3. The molecule has 0 spiro atoms. The minimum absolute atomic E-state index is 0.318. The van der Waals surface area contributed by atoms with E-state index in [1.54, 1.807) is 20.0 Å². The molecular formula is C24H37N3O3. The molecule has 0 heterocycles. The lowest BCUT2D eigenvalue weighted by Crippen LogP contribution is -2.62. The van der Waals surface area contributed by atoms with Crippen molar-refractivity contribution in [3.05, 3.63) is 48.6 Å². The van der Waals surface area contributed by atoms with Crippen LogP contribution in [0.1, 0.15) is 52.0 Å². The molecule has 0 saturated carbocycles. The quantitative estimate of drug-likeness (QED) is 0.127. The van der Waals surface area contributed by atoms with Gasteiger partial charge < -0.3 is 10.1 Å². The number of unbranched alkanes of at least 4 members (excludes halogenated alkanes) is 1. The number of aldehydes is 1. The van der Waals surface area contributed by atoms with Crippen LogP contribution < -0.4 is 16.2 Å². The van der Waals surface area contributed by atoms with E-state index < -0.39 is 29.2 Å². The van der Waals surface area contributed by atoms with Gasteiger partial charge in [-0.15, -0.1) is 6.58 Å². The summed E-state index contributed by atoms with van der Waals surface area (Å²) in [5, 5.41) is 2.98. The molecule has 0 fully saturated rings. The van der Waals surface area contributed by atoms with Gasteiger partial charge in [-0.2, -0.15) is 0 Å². The van der Waals surface area contributed by atoms with Gasteiger partial charge in [-0.1, -0.05) is 50.3 Å². The van der Waals surface area contributed by atoms with Crippen molar-refractivity contribution in [2.45, 2.75) is 70.5 Å². The van der Waals surface area contributed by atoms with E-state index in [1.165, 1.54) is 0 Å². The van der Waals surface area contributed by atoms with Gasteiger partial charge in [0.1, 0.15) is 6.29 Å². The number of hydrogen-bond acceptors (Lipinski definition) is 6. The number of allylic oxidation sites excluding steroid dienone is 1. The molecule has 3 N–H and O–H groups in total. The zero-order valence-electron chi connectivity index (χ0n) is 18.7. The second-order valence-electron chi connectivity index (χ2n) is 8.38. The van der Waals surface area contributed by atoms with Crippen LogP contribution in [0.2, 0.25) is 0 Å². The van der Waals surface area contributed by atoms with Gasteiger partial charge in [0.05, 0.1) is 17.6 Å². The predicted molar refractivity (Wildman–Crippen MR) is 121 cm³/mol. The van der Waals surface area contributed by atoms with E-state index in [0.717, 1.165) is 18.3 Å². The Morgan fingerprint density at radius 3 is 2.40 bits per heavy atom.